The molecular formula is C28H20N2. The van der Waals surface area contributed by atoms with Crippen molar-refractivity contribution in [2.45, 2.75) is 0 Å². The molecule has 0 bridgehead atoms. The Kier molecular flexibility index (Phi) is 4.89. The number of fused-ring (bicyclic) bond motifs is 2. The third-order valence-corrected chi connectivity index (χ3v) is 5.18. The Balaban J connectivity index is 1.36. The zero-order chi connectivity index (χ0) is 20.2. The molecule has 0 N–H and O–H groups in total. The van der Waals surface area contributed by atoms with Crippen molar-refractivity contribution in [3.8, 4) is 0 Å². The zero-order valence-corrected chi connectivity index (χ0v) is 16.4. The van der Waals surface area contributed by atoms with E-state index in [1.807, 2.05) is 61.0 Å². The van der Waals surface area contributed by atoms with Crippen LogP contribution in [0, 0.1) is 0 Å². The third-order valence-electron chi connectivity index (χ3n) is 5.18. The van der Waals surface area contributed by atoms with Gasteiger partial charge in [0.2, 0.25) is 0 Å². The molecule has 0 atom stereocenters. The van der Waals surface area contributed by atoms with Gasteiger partial charge in [0.05, 0.1) is 11.4 Å². The highest BCUT2D eigenvalue weighted by Crippen LogP contribution is 2.26. The number of aliphatic imine (C=N–C) groups is 2. The molecule has 0 amide bonds. The summed E-state index contributed by atoms with van der Waals surface area (Å²) in [5.74, 6) is 0. The van der Waals surface area contributed by atoms with E-state index in [2.05, 4.69) is 60.7 Å². The lowest BCUT2D eigenvalue weighted by Crippen LogP contribution is -1.85. The number of rotatable bonds is 4. The molecule has 0 aromatic heterocycles. The molecule has 0 saturated heterocycles. The summed E-state index contributed by atoms with van der Waals surface area (Å²) in [6, 6.07) is 37.3. The maximum absolute atomic E-state index is 4.70. The largest absolute Gasteiger partial charge is 0.256 e. The Morgan fingerprint density at radius 2 is 0.800 bits per heavy atom. The van der Waals surface area contributed by atoms with Crippen molar-refractivity contribution in [1.29, 1.82) is 0 Å². The molecule has 0 aliphatic rings. The first-order valence-electron chi connectivity index (χ1n) is 10.0. The maximum atomic E-state index is 4.70. The summed E-state index contributed by atoms with van der Waals surface area (Å²) in [7, 11) is 0. The van der Waals surface area contributed by atoms with E-state index in [9.17, 15) is 0 Å². The van der Waals surface area contributed by atoms with Crippen molar-refractivity contribution < 1.29 is 0 Å². The predicted molar refractivity (Wildman–Crippen MR) is 129 cm³/mol. The quantitative estimate of drug-likeness (QED) is 0.287. The minimum Gasteiger partial charge on any atom is -0.256 e. The smallest absolute Gasteiger partial charge is 0.0708 e. The van der Waals surface area contributed by atoms with E-state index in [0.29, 0.717) is 0 Å². The number of benzene rings is 5. The molecule has 0 radical (unpaired) electrons. The highest BCUT2D eigenvalue weighted by atomic mass is 14.7. The first kappa shape index (κ1) is 18.0. The summed E-state index contributed by atoms with van der Waals surface area (Å²) in [4.78, 5) is 9.41. The lowest BCUT2D eigenvalue weighted by molar-refractivity contribution is 1.54. The molecule has 2 heteroatoms. The van der Waals surface area contributed by atoms with Gasteiger partial charge in [-0.3, -0.25) is 9.98 Å². The van der Waals surface area contributed by atoms with Crippen LogP contribution in [0.4, 0.5) is 11.4 Å². The van der Waals surface area contributed by atoms with Crippen molar-refractivity contribution in [1.82, 2.24) is 0 Å². The fourth-order valence-corrected chi connectivity index (χ4v) is 3.60. The third kappa shape index (κ3) is 3.76. The van der Waals surface area contributed by atoms with E-state index in [-0.39, 0.29) is 0 Å². The molecule has 142 valence electrons. The summed E-state index contributed by atoms with van der Waals surface area (Å²) >= 11 is 0. The molecule has 0 aliphatic heterocycles. The number of hydrogen-bond acceptors (Lipinski definition) is 2. The van der Waals surface area contributed by atoms with Gasteiger partial charge >= 0.3 is 0 Å². The summed E-state index contributed by atoms with van der Waals surface area (Å²) < 4.78 is 0. The molecule has 2 nitrogen and oxygen atoms in total. The van der Waals surface area contributed by atoms with Crippen molar-refractivity contribution in [2.24, 2.45) is 9.98 Å². The van der Waals surface area contributed by atoms with Gasteiger partial charge in [0.1, 0.15) is 0 Å². The minimum absolute atomic E-state index is 0.981. The van der Waals surface area contributed by atoms with Gasteiger partial charge < -0.3 is 0 Å². The Bertz CT molecular complexity index is 1260. The topological polar surface area (TPSA) is 24.7 Å². The molecule has 0 spiro atoms. The van der Waals surface area contributed by atoms with Gasteiger partial charge in [0.25, 0.3) is 0 Å². The van der Waals surface area contributed by atoms with Gasteiger partial charge in [-0.25, -0.2) is 0 Å². The van der Waals surface area contributed by atoms with Crippen molar-refractivity contribution in [3.05, 3.63) is 120 Å². The van der Waals surface area contributed by atoms with Crippen molar-refractivity contribution in [3.63, 3.8) is 0 Å². The van der Waals surface area contributed by atoms with Crippen LogP contribution in [0.5, 0.6) is 0 Å². The Morgan fingerprint density at radius 1 is 0.400 bits per heavy atom. The van der Waals surface area contributed by atoms with Crippen LogP contribution in [0.3, 0.4) is 0 Å². The molecule has 0 saturated carbocycles. The van der Waals surface area contributed by atoms with Crippen LogP contribution in [-0.4, -0.2) is 12.4 Å². The van der Waals surface area contributed by atoms with E-state index >= 15 is 0 Å². The van der Waals surface area contributed by atoms with E-state index in [4.69, 9.17) is 9.98 Å². The Hall–Kier alpha value is -4.04. The molecule has 5 aromatic carbocycles. The van der Waals surface area contributed by atoms with Gasteiger partial charge in [-0.15, -0.1) is 0 Å². The summed E-state index contributed by atoms with van der Waals surface area (Å²) in [6.07, 6.45) is 3.82. The molecule has 0 aliphatic carbocycles. The fraction of sp³-hybridized carbons (Fsp3) is 0. The van der Waals surface area contributed by atoms with Gasteiger partial charge in [0.15, 0.2) is 0 Å². The molecular weight excluding hydrogens is 364 g/mol. The highest BCUT2D eigenvalue weighted by Gasteiger charge is 1.99. The van der Waals surface area contributed by atoms with Crippen LogP contribution in [0.1, 0.15) is 11.1 Å². The molecule has 0 unspecified atom stereocenters. The number of nitrogens with zero attached hydrogens (tertiary/aromatic N) is 2. The summed E-state index contributed by atoms with van der Waals surface area (Å²) in [5.41, 5.74) is 4.08. The normalized spacial score (nSPS) is 11.7. The fourth-order valence-electron chi connectivity index (χ4n) is 3.60. The zero-order valence-electron chi connectivity index (χ0n) is 16.4. The van der Waals surface area contributed by atoms with Crippen LogP contribution < -0.4 is 0 Å². The summed E-state index contributed by atoms with van der Waals surface area (Å²) in [6.45, 7) is 0. The molecule has 0 heterocycles. The standard InChI is InChI=1S/C28H20N2/c1-3-11-25-23(7-1)9-5-13-27(25)29-19-21-15-17-22(18-16-21)20-30-28-14-6-10-24-8-2-4-12-26(24)28/h1-20H. The molecule has 5 aromatic rings. The minimum atomic E-state index is 0.981. The van der Waals surface area contributed by atoms with E-state index in [1.165, 1.54) is 10.8 Å². The van der Waals surface area contributed by atoms with E-state index in [1.54, 1.807) is 0 Å². The van der Waals surface area contributed by atoms with Gasteiger partial charge in [-0.05, 0) is 34.0 Å². The SMILES string of the molecule is C(=Nc1cccc2ccccc12)c1ccc(C=Nc2cccc3ccccc23)cc1. The first-order chi connectivity index (χ1) is 14.9. The second kappa shape index (κ2) is 8.14. The van der Waals surface area contributed by atoms with Crippen molar-refractivity contribution in [2.75, 3.05) is 0 Å². The number of hydrogen-bond donors (Lipinski definition) is 0. The van der Waals surface area contributed by atoms with Crippen LogP contribution in [0.25, 0.3) is 21.5 Å². The van der Waals surface area contributed by atoms with Gasteiger partial charge in [-0.1, -0.05) is 97.1 Å². The van der Waals surface area contributed by atoms with Crippen molar-refractivity contribution >= 4 is 45.3 Å². The predicted octanol–water partition coefficient (Wildman–Crippen LogP) is 7.49. The Morgan fingerprint density at radius 3 is 1.27 bits per heavy atom. The first-order valence-corrected chi connectivity index (χ1v) is 10.0. The summed E-state index contributed by atoms with van der Waals surface area (Å²) in [5, 5.41) is 4.73. The average Bonchev–Trinajstić information content (AvgIpc) is 2.82. The molecule has 5 rings (SSSR count). The van der Waals surface area contributed by atoms with E-state index in [0.717, 1.165) is 33.3 Å². The lowest BCUT2D eigenvalue weighted by atomic mass is 10.1. The monoisotopic (exact) mass is 384 g/mol. The van der Waals surface area contributed by atoms with Crippen LogP contribution in [-0.2, 0) is 0 Å². The average molecular weight is 384 g/mol. The second-order valence-corrected chi connectivity index (χ2v) is 7.18. The van der Waals surface area contributed by atoms with Gasteiger partial charge in [0, 0.05) is 23.2 Å². The highest BCUT2D eigenvalue weighted by molar-refractivity contribution is 5.96. The van der Waals surface area contributed by atoms with Gasteiger partial charge in [-0.2, -0.15) is 0 Å². The Labute approximate surface area is 175 Å². The molecule has 30 heavy (non-hydrogen) atoms. The van der Waals surface area contributed by atoms with E-state index < -0.39 is 0 Å². The molecule has 0 fully saturated rings. The lowest BCUT2D eigenvalue weighted by Gasteiger charge is -2.02. The second-order valence-electron chi connectivity index (χ2n) is 7.18. The van der Waals surface area contributed by atoms with Crippen LogP contribution >= 0.6 is 0 Å². The van der Waals surface area contributed by atoms with Crippen LogP contribution in [0.2, 0.25) is 0 Å². The maximum Gasteiger partial charge on any atom is 0.0708 e. The van der Waals surface area contributed by atoms with Crippen LogP contribution in [0.15, 0.2) is 119 Å².